The predicted molar refractivity (Wildman–Crippen MR) is 109 cm³/mol. The van der Waals surface area contributed by atoms with E-state index in [0.29, 0.717) is 18.7 Å². The molecule has 5 nitrogen and oxygen atoms in total. The molecule has 0 aliphatic carbocycles. The van der Waals surface area contributed by atoms with Crippen molar-refractivity contribution in [3.05, 3.63) is 94.3 Å². The third-order valence-corrected chi connectivity index (χ3v) is 6.27. The first-order valence-corrected chi connectivity index (χ1v) is 10.4. The van der Waals surface area contributed by atoms with Gasteiger partial charge in [0, 0.05) is 48.7 Å². The molecule has 8 heteroatoms. The summed E-state index contributed by atoms with van der Waals surface area (Å²) in [5, 5.41) is 0. The summed E-state index contributed by atoms with van der Waals surface area (Å²) in [6.45, 7) is 2.59. The lowest BCUT2D eigenvalue weighted by Gasteiger charge is -2.39. The summed E-state index contributed by atoms with van der Waals surface area (Å²) in [5.41, 5.74) is 2.64. The van der Waals surface area contributed by atoms with E-state index in [1.165, 1.54) is 18.3 Å². The van der Waals surface area contributed by atoms with Crippen LogP contribution in [-0.2, 0) is 23.5 Å². The van der Waals surface area contributed by atoms with Crippen LogP contribution in [0.2, 0.25) is 0 Å². The number of rotatable bonds is 4. The van der Waals surface area contributed by atoms with Gasteiger partial charge in [-0.25, -0.2) is 13.8 Å². The van der Waals surface area contributed by atoms with Gasteiger partial charge in [-0.2, -0.15) is 4.39 Å². The van der Waals surface area contributed by atoms with Crippen LogP contribution in [0.3, 0.4) is 0 Å². The smallest absolute Gasteiger partial charge is 0.213 e. The van der Waals surface area contributed by atoms with Crippen LogP contribution in [0.5, 0.6) is 0 Å². The molecule has 0 saturated carbocycles. The zero-order valence-electron chi connectivity index (χ0n) is 17.2. The SMILES string of the molecule is O=C(c1ccc(CN2CCC3(CC2)OCc2cc(F)ncc23)nc1)c1ccc(F)c(F)c1. The Bertz CT molecular complexity index is 1180. The van der Waals surface area contributed by atoms with Crippen molar-refractivity contribution in [1.29, 1.82) is 0 Å². The van der Waals surface area contributed by atoms with Gasteiger partial charge in [-0.1, -0.05) is 0 Å². The molecule has 4 heterocycles. The third-order valence-electron chi connectivity index (χ3n) is 6.27. The number of pyridine rings is 2. The van der Waals surface area contributed by atoms with Gasteiger partial charge < -0.3 is 4.74 Å². The molecule has 1 fully saturated rings. The number of hydrogen-bond donors (Lipinski definition) is 0. The van der Waals surface area contributed by atoms with E-state index < -0.39 is 29.0 Å². The zero-order chi connectivity index (χ0) is 22.3. The van der Waals surface area contributed by atoms with Gasteiger partial charge in [-0.3, -0.25) is 14.7 Å². The van der Waals surface area contributed by atoms with Crippen LogP contribution in [0.4, 0.5) is 13.2 Å². The van der Waals surface area contributed by atoms with Crippen molar-refractivity contribution >= 4 is 5.78 Å². The lowest BCUT2D eigenvalue weighted by molar-refractivity contribution is -0.0801. The van der Waals surface area contributed by atoms with Gasteiger partial charge >= 0.3 is 0 Å². The summed E-state index contributed by atoms with van der Waals surface area (Å²) < 4.78 is 46.0. The first kappa shape index (κ1) is 20.8. The summed E-state index contributed by atoms with van der Waals surface area (Å²) in [7, 11) is 0. The Balaban J connectivity index is 1.22. The number of benzene rings is 1. The standard InChI is InChI=1S/C24H20F3N3O2/c25-20-4-2-15(9-21(20)26)23(31)16-1-3-18(28-11-16)13-30-7-5-24(6-8-30)19-12-29-22(27)10-17(19)14-32-24/h1-4,9-12H,5-8,13-14H2. The van der Waals surface area contributed by atoms with E-state index in [-0.39, 0.29) is 5.56 Å². The van der Waals surface area contributed by atoms with Crippen LogP contribution in [0.15, 0.2) is 48.8 Å². The molecule has 1 spiro atoms. The van der Waals surface area contributed by atoms with Crippen LogP contribution >= 0.6 is 0 Å². The van der Waals surface area contributed by atoms with Gasteiger partial charge in [0.05, 0.1) is 17.9 Å². The second kappa shape index (κ2) is 8.11. The number of aromatic nitrogens is 2. The maximum atomic E-state index is 13.4. The molecule has 0 amide bonds. The third kappa shape index (κ3) is 3.80. The van der Waals surface area contributed by atoms with Crippen molar-refractivity contribution in [3.8, 4) is 0 Å². The average molecular weight is 439 g/mol. The van der Waals surface area contributed by atoms with Crippen molar-refractivity contribution < 1.29 is 22.7 Å². The summed E-state index contributed by atoms with van der Waals surface area (Å²) in [6.07, 6.45) is 4.61. The van der Waals surface area contributed by atoms with E-state index in [4.69, 9.17) is 4.74 Å². The quantitative estimate of drug-likeness (QED) is 0.452. The Morgan fingerprint density at radius 1 is 0.969 bits per heavy atom. The highest BCUT2D eigenvalue weighted by Crippen LogP contribution is 2.44. The minimum Gasteiger partial charge on any atom is -0.365 e. The molecule has 2 aliphatic heterocycles. The van der Waals surface area contributed by atoms with E-state index in [1.54, 1.807) is 18.3 Å². The molecule has 164 valence electrons. The summed E-state index contributed by atoms with van der Waals surface area (Å²) in [4.78, 5) is 22.9. The molecule has 0 unspecified atom stereocenters. The fraction of sp³-hybridized carbons (Fsp3) is 0.292. The number of ether oxygens (including phenoxy) is 1. The lowest BCUT2D eigenvalue weighted by atomic mass is 9.84. The van der Waals surface area contributed by atoms with Crippen LogP contribution in [0.25, 0.3) is 0 Å². The summed E-state index contributed by atoms with van der Waals surface area (Å²) >= 11 is 0. The highest BCUT2D eigenvalue weighted by molar-refractivity contribution is 6.08. The maximum Gasteiger partial charge on any atom is 0.213 e. The number of nitrogens with zero attached hydrogens (tertiary/aromatic N) is 3. The minimum absolute atomic E-state index is 0.0750. The molecule has 0 N–H and O–H groups in total. The van der Waals surface area contributed by atoms with E-state index in [9.17, 15) is 18.0 Å². The molecule has 1 saturated heterocycles. The van der Waals surface area contributed by atoms with Gasteiger partial charge in [0.15, 0.2) is 17.4 Å². The molecular weight excluding hydrogens is 419 g/mol. The summed E-state index contributed by atoms with van der Waals surface area (Å²) in [5.74, 6) is -2.95. The van der Waals surface area contributed by atoms with E-state index in [0.717, 1.165) is 54.9 Å². The van der Waals surface area contributed by atoms with Crippen molar-refractivity contribution in [3.63, 3.8) is 0 Å². The largest absolute Gasteiger partial charge is 0.365 e. The fourth-order valence-electron chi connectivity index (χ4n) is 4.46. The number of likely N-dealkylation sites (tertiary alicyclic amines) is 1. The Morgan fingerprint density at radius 3 is 2.47 bits per heavy atom. The highest BCUT2D eigenvalue weighted by atomic mass is 19.2. The first-order valence-electron chi connectivity index (χ1n) is 10.4. The Kier molecular flexibility index (Phi) is 5.27. The monoisotopic (exact) mass is 439 g/mol. The molecule has 0 radical (unpaired) electrons. The van der Waals surface area contributed by atoms with Gasteiger partial charge in [0.1, 0.15) is 0 Å². The van der Waals surface area contributed by atoms with Crippen molar-refractivity contribution in [1.82, 2.24) is 14.9 Å². The number of halogens is 3. The van der Waals surface area contributed by atoms with Crippen LogP contribution in [0.1, 0.15) is 45.6 Å². The lowest BCUT2D eigenvalue weighted by Crippen LogP contribution is -2.42. The first-order chi connectivity index (χ1) is 15.4. The minimum atomic E-state index is -1.06. The second-order valence-electron chi connectivity index (χ2n) is 8.22. The van der Waals surface area contributed by atoms with Gasteiger partial charge in [0.2, 0.25) is 5.95 Å². The molecule has 2 aromatic heterocycles. The van der Waals surface area contributed by atoms with Crippen LogP contribution < -0.4 is 0 Å². The number of ketones is 1. The number of fused-ring (bicyclic) bond motifs is 2. The number of piperidine rings is 1. The van der Waals surface area contributed by atoms with Crippen LogP contribution in [0, 0.1) is 17.6 Å². The topological polar surface area (TPSA) is 55.3 Å². The van der Waals surface area contributed by atoms with Gasteiger partial charge in [-0.05, 0) is 54.8 Å². The molecular formula is C24H20F3N3O2. The van der Waals surface area contributed by atoms with E-state index in [2.05, 4.69) is 14.9 Å². The maximum absolute atomic E-state index is 13.4. The molecule has 3 aromatic rings. The Labute approximate surface area is 182 Å². The van der Waals surface area contributed by atoms with Crippen LogP contribution in [-0.4, -0.2) is 33.7 Å². The molecule has 32 heavy (non-hydrogen) atoms. The Morgan fingerprint density at radius 2 is 1.75 bits per heavy atom. The average Bonchev–Trinajstić information content (AvgIpc) is 3.14. The van der Waals surface area contributed by atoms with Crippen molar-refractivity contribution in [2.24, 2.45) is 0 Å². The number of carbonyl (C=O) groups is 1. The van der Waals surface area contributed by atoms with E-state index in [1.807, 2.05) is 0 Å². The van der Waals surface area contributed by atoms with Gasteiger partial charge in [0.25, 0.3) is 0 Å². The second-order valence-corrected chi connectivity index (χ2v) is 8.22. The molecule has 0 bridgehead atoms. The van der Waals surface area contributed by atoms with Crippen molar-refractivity contribution in [2.75, 3.05) is 13.1 Å². The number of hydrogen-bond acceptors (Lipinski definition) is 5. The van der Waals surface area contributed by atoms with E-state index >= 15 is 0 Å². The van der Waals surface area contributed by atoms with Gasteiger partial charge in [-0.15, -0.1) is 0 Å². The molecule has 1 aromatic carbocycles. The molecule has 2 aliphatic rings. The number of carbonyl (C=O) groups excluding carboxylic acids is 1. The zero-order valence-corrected chi connectivity index (χ0v) is 17.2. The Hall–Kier alpha value is -3.10. The normalized spacial score (nSPS) is 17.5. The fourth-order valence-corrected chi connectivity index (χ4v) is 4.46. The molecule has 0 atom stereocenters. The highest BCUT2D eigenvalue weighted by Gasteiger charge is 2.43. The predicted octanol–water partition coefficient (Wildman–Crippen LogP) is 4.15. The molecule has 5 rings (SSSR count). The van der Waals surface area contributed by atoms with Crippen molar-refractivity contribution in [2.45, 2.75) is 31.6 Å². The summed E-state index contributed by atoms with van der Waals surface area (Å²) in [6, 6.07) is 7.95.